The van der Waals surface area contributed by atoms with Gasteiger partial charge < -0.3 is 14.7 Å². The summed E-state index contributed by atoms with van der Waals surface area (Å²) in [6.07, 6.45) is 2.30. The molecule has 5 heteroatoms. The van der Waals surface area contributed by atoms with Crippen LogP contribution in [0, 0.1) is 6.92 Å². The smallest absolute Gasteiger partial charge is 0.321 e. The van der Waals surface area contributed by atoms with Gasteiger partial charge in [-0.1, -0.05) is 12.1 Å². The van der Waals surface area contributed by atoms with Crippen LogP contribution in [0.15, 0.2) is 4.52 Å². The topological polar surface area (TPSA) is 54.2 Å². The van der Waals surface area contributed by atoms with Crippen molar-refractivity contribution in [2.45, 2.75) is 32.7 Å². The first-order valence-electron chi connectivity index (χ1n) is 5.57. The number of hydrogen-bond donors (Lipinski definition) is 1. The third-order valence-corrected chi connectivity index (χ3v) is 2.89. The summed E-state index contributed by atoms with van der Waals surface area (Å²) in [5.41, 5.74) is 0. The van der Waals surface area contributed by atoms with Gasteiger partial charge in [0.2, 0.25) is 0 Å². The Hall–Kier alpha value is -1.10. The molecule has 2 heterocycles. The van der Waals surface area contributed by atoms with Crippen LogP contribution in [0.4, 0.5) is 6.01 Å². The van der Waals surface area contributed by atoms with Gasteiger partial charge in [0.1, 0.15) is 0 Å². The number of likely N-dealkylation sites (tertiary alicyclic amines) is 1. The quantitative estimate of drug-likeness (QED) is 0.814. The van der Waals surface area contributed by atoms with Crippen LogP contribution >= 0.6 is 0 Å². The molecule has 1 aliphatic heterocycles. The molecule has 0 aromatic carbocycles. The van der Waals surface area contributed by atoms with E-state index in [-0.39, 0.29) is 0 Å². The molecule has 0 saturated carbocycles. The average molecular weight is 210 g/mol. The molecule has 1 N–H and O–H groups in total. The summed E-state index contributed by atoms with van der Waals surface area (Å²) < 4.78 is 5.03. The lowest BCUT2D eigenvalue weighted by atomic mass is 10.1. The molecular formula is C10H18N4O. The van der Waals surface area contributed by atoms with E-state index >= 15 is 0 Å². The first-order valence-corrected chi connectivity index (χ1v) is 5.57. The Bertz CT molecular complexity index is 304. The maximum absolute atomic E-state index is 5.03. The second-order valence-electron chi connectivity index (χ2n) is 4.00. The monoisotopic (exact) mass is 210 g/mol. The van der Waals surface area contributed by atoms with Crippen molar-refractivity contribution in [2.75, 3.05) is 25.0 Å². The van der Waals surface area contributed by atoms with Crippen LogP contribution in [0.5, 0.6) is 0 Å². The Labute approximate surface area is 89.8 Å². The lowest BCUT2D eigenvalue weighted by Gasteiger charge is -2.30. The summed E-state index contributed by atoms with van der Waals surface area (Å²) in [5.74, 6) is 0.684. The van der Waals surface area contributed by atoms with Gasteiger partial charge in [-0.3, -0.25) is 0 Å². The zero-order valence-corrected chi connectivity index (χ0v) is 9.36. The standard InChI is InChI=1S/C10H18N4O/c1-3-14-6-4-9(5-7-14)12-10-11-8(2)13-15-10/h9H,3-7H2,1-2H3,(H,11,12,13). The molecule has 0 amide bonds. The van der Waals surface area contributed by atoms with Gasteiger partial charge in [-0.25, -0.2) is 0 Å². The van der Waals surface area contributed by atoms with E-state index in [9.17, 15) is 0 Å². The maximum atomic E-state index is 5.03. The second kappa shape index (κ2) is 4.61. The highest BCUT2D eigenvalue weighted by Gasteiger charge is 2.19. The van der Waals surface area contributed by atoms with E-state index < -0.39 is 0 Å². The first kappa shape index (κ1) is 10.4. The summed E-state index contributed by atoms with van der Waals surface area (Å²) in [6, 6.07) is 1.04. The molecule has 0 atom stereocenters. The van der Waals surface area contributed by atoms with Crippen molar-refractivity contribution in [1.29, 1.82) is 0 Å². The highest BCUT2D eigenvalue weighted by molar-refractivity contribution is 5.20. The fraction of sp³-hybridized carbons (Fsp3) is 0.800. The fourth-order valence-electron chi connectivity index (χ4n) is 1.92. The van der Waals surface area contributed by atoms with E-state index in [0.717, 1.165) is 32.5 Å². The van der Waals surface area contributed by atoms with Crippen molar-refractivity contribution in [3.63, 3.8) is 0 Å². The molecule has 1 saturated heterocycles. The van der Waals surface area contributed by atoms with Crippen LogP contribution in [0.25, 0.3) is 0 Å². The Balaban J connectivity index is 1.82. The van der Waals surface area contributed by atoms with E-state index in [1.165, 1.54) is 0 Å². The van der Waals surface area contributed by atoms with Crippen molar-refractivity contribution in [2.24, 2.45) is 0 Å². The van der Waals surface area contributed by atoms with Crippen LogP contribution in [-0.4, -0.2) is 40.7 Å². The predicted octanol–water partition coefficient (Wildman–Crippen LogP) is 1.27. The number of nitrogens with one attached hydrogen (secondary N) is 1. The number of rotatable bonds is 3. The number of aromatic nitrogens is 2. The third-order valence-electron chi connectivity index (χ3n) is 2.89. The van der Waals surface area contributed by atoms with Crippen molar-refractivity contribution in [3.05, 3.63) is 5.82 Å². The zero-order valence-electron chi connectivity index (χ0n) is 9.36. The Morgan fingerprint density at radius 1 is 1.47 bits per heavy atom. The predicted molar refractivity (Wildman–Crippen MR) is 57.8 cm³/mol. The minimum absolute atomic E-state index is 0.479. The Morgan fingerprint density at radius 3 is 2.73 bits per heavy atom. The number of hydrogen-bond acceptors (Lipinski definition) is 5. The highest BCUT2D eigenvalue weighted by Crippen LogP contribution is 2.14. The molecule has 15 heavy (non-hydrogen) atoms. The summed E-state index contributed by atoms with van der Waals surface area (Å²) in [4.78, 5) is 6.60. The summed E-state index contributed by atoms with van der Waals surface area (Å²) >= 11 is 0. The van der Waals surface area contributed by atoms with Crippen LogP contribution in [0.1, 0.15) is 25.6 Å². The number of nitrogens with zero attached hydrogens (tertiary/aromatic N) is 3. The van der Waals surface area contributed by atoms with E-state index in [4.69, 9.17) is 4.52 Å². The van der Waals surface area contributed by atoms with Gasteiger partial charge in [0.15, 0.2) is 5.82 Å². The van der Waals surface area contributed by atoms with Crippen molar-refractivity contribution in [1.82, 2.24) is 15.0 Å². The second-order valence-corrected chi connectivity index (χ2v) is 4.00. The molecule has 5 nitrogen and oxygen atoms in total. The maximum Gasteiger partial charge on any atom is 0.321 e. The number of piperidine rings is 1. The van der Waals surface area contributed by atoms with Crippen LogP contribution in [0.2, 0.25) is 0 Å². The van der Waals surface area contributed by atoms with Crippen molar-refractivity contribution < 1.29 is 4.52 Å². The Morgan fingerprint density at radius 2 is 2.20 bits per heavy atom. The summed E-state index contributed by atoms with van der Waals surface area (Å²) in [6.45, 7) is 7.48. The van der Waals surface area contributed by atoms with E-state index in [1.54, 1.807) is 0 Å². The zero-order chi connectivity index (χ0) is 10.7. The lowest BCUT2D eigenvalue weighted by Crippen LogP contribution is -2.38. The molecule has 0 radical (unpaired) electrons. The molecule has 1 aromatic heterocycles. The minimum atomic E-state index is 0.479. The number of anilines is 1. The van der Waals surface area contributed by atoms with E-state index in [1.807, 2.05) is 6.92 Å². The molecule has 0 aliphatic carbocycles. The van der Waals surface area contributed by atoms with Crippen molar-refractivity contribution >= 4 is 6.01 Å². The van der Waals surface area contributed by atoms with Gasteiger partial charge in [-0.05, 0) is 26.3 Å². The molecule has 1 aromatic rings. The minimum Gasteiger partial charge on any atom is -0.335 e. The lowest BCUT2D eigenvalue weighted by molar-refractivity contribution is 0.228. The van der Waals surface area contributed by atoms with Crippen molar-refractivity contribution in [3.8, 4) is 0 Å². The number of aryl methyl sites for hydroxylation is 1. The first-order chi connectivity index (χ1) is 7.28. The normalized spacial score (nSPS) is 19.3. The molecule has 1 fully saturated rings. The largest absolute Gasteiger partial charge is 0.335 e. The van der Waals surface area contributed by atoms with Crippen LogP contribution < -0.4 is 5.32 Å². The highest BCUT2D eigenvalue weighted by atomic mass is 16.5. The van der Waals surface area contributed by atoms with Crippen LogP contribution in [0.3, 0.4) is 0 Å². The van der Waals surface area contributed by atoms with Crippen LogP contribution in [-0.2, 0) is 0 Å². The SMILES string of the molecule is CCN1CCC(Nc2nc(C)no2)CC1. The van der Waals surface area contributed by atoms with Gasteiger partial charge in [-0.15, -0.1) is 0 Å². The van der Waals surface area contributed by atoms with E-state index in [0.29, 0.717) is 17.9 Å². The average Bonchev–Trinajstić information content (AvgIpc) is 2.65. The van der Waals surface area contributed by atoms with Gasteiger partial charge in [-0.2, -0.15) is 4.98 Å². The van der Waals surface area contributed by atoms with Gasteiger partial charge in [0, 0.05) is 19.1 Å². The van der Waals surface area contributed by atoms with Gasteiger partial charge in [0.25, 0.3) is 0 Å². The van der Waals surface area contributed by atoms with E-state index in [2.05, 4.69) is 27.3 Å². The fourth-order valence-corrected chi connectivity index (χ4v) is 1.92. The molecule has 0 spiro atoms. The molecule has 1 aliphatic rings. The molecule has 2 rings (SSSR count). The van der Waals surface area contributed by atoms with Gasteiger partial charge >= 0.3 is 6.01 Å². The molecule has 0 bridgehead atoms. The molecular weight excluding hydrogens is 192 g/mol. The summed E-state index contributed by atoms with van der Waals surface area (Å²) in [5, 5.41) is 7.03. The van der Waals surface area contributed by atoms with Gasteiger partial charge in [0.05, 0.1) is 0 Å². The summed E-state index contributed by atoms with van der Waals surface area (Å²) in [7, 11) is 0. The Kier molecular flexibility index (Phi) is 3.20. The molecule has 84 valence electrons. The molecule has 0 unspecified atom stereocenters. The third kappa shape index (κ3) is 2.68.